The molecule has 4 rings (SSSR count). The molecule has 3 heterocycles. The number of amides is 1. The van der Waals surface area contributed by atoms with Crippen molar-refractivity contribution in [2.75, 3.05) is 44.4 Å². The molecule has 0 aliphatic carbocycles. The van der Waals surface area contributed by atoms with Crippen LogP contribution >= 0.6 is 0 Å². The highest BCUT2D eigenvalue weighted by molar-refractivity contribution is 5.96. The van der Waals surface area contributed by atoms with Gasteiger partial charge < -0.3 is 24.4 Å². The molecule has 2 aliphatic heterocycles. The largest absolute Gasteiger partial charge is 0.490 e. The maximum atomic E-state index is 12.7. The van der Waals surface area contributed by atoms with Crippen molar-refractivity contribution >= 4 is 11.7 Å². The van der Waals surface area contributed by atoms with Crippen LogP contribution in [0.5, 0.6) is 5.75 Å². The summed E-state index contributed by atoms with van der Waals surface area (Å²) in [5.74, 6) is 1.36. The summed E-state index contributed by atoms with van der Waals surface area (Å²) in [7, 11) is 0. The summed E-state index contributed by atoms with van der Waals surface area (Å²) in [5.41, 5.74) is 1.48. The van der Waals surface area contributed by atoms with E-state index < -0.39 is 0 Å². The fraction of sp³-hybridized carbons (Fsp3) is 0.455. The molecule has 7 nitrogen and oxygen atoms in total. The van der Waals surface area contributed by atoms with E-state index >= 15 is 0 Å². The van der Waals surface area contributed by atoms with Gasteiger partial charge in [-0.15, -0.1) is 0 Å². The number of anilines is 1. The highest BCUT2D eigenvalue weighted by atomic mass is 16.5. The van der Waals surface area contributed by atoms with Crippen molar-refractivity contribution in [2.24, 2.45) is 0 Å². The van der Waals surface area contributed by atoms with Gasteiger partial charge in [-0.3, -0.25) is 4.79 Å². The van der Waals surface area contributed by atoms with Crippen LogP contribution in [0.1, 0.15) is 28.8 Å². The summed E-state index contributed by atoms with van der Waals surface area (Å²) in [6.07, 6.45) is 3.99. The van der Waals surface area contributed by atoms with Crippen LogP contribution in [0.15, 0.2) is 42.6 Å². The standard InChI is InChI=1S/C22H27N3O4/c26-22(19-5-1-2-6-20(19)29-16-18-4-3-11-28-18)24-15-17-7-8-21(23-14-17)25-9-12-27-13-10-25/h1-2,5-8,14,18H,3-4,9-13,15-16H2,(H,24,26). The molecule has 0 saturated carbocycles. The molecule has 1 unspecified atom stereocenters. The third kappa shape index (κ3) is 5.25. The quantitative estimate of drug-likeness (QED) is 0.774. The Kier molecular flexibility index (Phi) is 6.59. The normalized spacial score (nSPS) is 19.2. The van der Waals surface area contributed by atoms with Crippen molar-refractivity contribution in [2.45, 2.75) is 25.5 Å². The monoisotopic (exact) mass is 397 g/mol. The average molecular weight is 397 g/mol. The summed E-state index contributed by atoms with van der Waals surface area (Å²) in [6.45, 7) is 4.83. The number of benzene rings is 1. The number of nitrogens with zero attached hydrogens (tertiary/aromatic N) is 2. The van der Waals surface area contributed by atoms with E-state index in [9.17, 15) is 4.79 Å². The Hall–Kier alpha value is -2.64. The second-order valence-electron chi connectivity index (χ2n) is 7.25. The topological polar surface area (TPSA) is 72.9 Å². The lowest BCUT2D eigenvalue weighted by Crippen LogP contribution is -2.36. The van der Waals surface area contributed by atoms with Crippen LogP contribution in [0, 0.1) is 0 Å². The molecule has 1 atom stereocenters. The van der Waals surface area contributed by atoms with Gasteiger partial charge in [-0.2, -0.15) is 0 Å². The number of pyridine rings is 1. The number of carbonyl (C=O) groups excluding carboxylic acids is 1. The first-order valence-electron chi connectivity index (χ1n) is 10.2. The van der Waals surface area contributed by atoms with Gasteiger partial charge in [-0.05, 0) is 36.6 Å². The van der Waals surface area contributed by atoms with Crippen molar-refractivity contribution < 1.29 is 19.0 Å². The Balaban J connectivity index is 1.32. The number of hydrogen-bond acceptors (Lipinski definition) is 6. The molecule has 0 bridgehead atoms. The lowest BCUT2D eigenvalue weighted by molar-refractivity contribution is 0.0670. The molecule has 2 fully saturated rings. The Morgan fingerprint density at radius 1 is 1.17 bits per heavy atom. The second kappa shape index (κ2) is 9.71. The summed E-state index contributed by atoms with van der Waals surface area (Å²) in [6, 6.07) is 11.3. The molecule has 1 N–H and O–H groups in total. The van der Waals surface area contributed by atoms with Crippen LogP contribution < -0.4 is 15.0 Å². The van der Waals surface area contributed by atoms with E-state index in [0.717, 1.165) is 57.1 Å². The molecule has 7 heteroatoms. The van der Waals surface area contributed by atoms with Crippen LogP contribution in [-0.2, 0) is 16.0 Å². The van der Waals surface area contributed by atoms with Gasteiger partial charge in [0.25, 0.3) is 5.91 Å². The van der Waals surface area contributed by atoms with E-state index in [1.54, 1.807) is 6.07 Å². The number of morpholine rings is 1. The van der Waals surface area contributed by atoms with E-state index in [1.165, 1.54) is 0 Å². The zero-order chi connectivity index (χ0) is 19.9. The maximum Gasteiger partial charge on any atom is 0.255 e. The first-order valence-corrected chi connectivity index (χ1v) is 10.2. The first kappa shape index (κ1) is 19.7. The fourth-order valence-corrected chi connectivity index (χ4v) is 3.52. The molecule has 1 amide bonds. The van der Waals surface area contributed by atoms with Crippen molar-refractivity contribution in [1.82, 2.24) is 10.3 Å². The third-order valence-electron chi connectivity index (χ3n) is 5.18. The first-order chi connectivity index (χ1) is 14.3. The van der Waals surface area contributed by atoms with Crippen LogP contribution in [-0.4, -0.2) is 56.5 Å². The van der Waals surface area contributed by atoms with Gasteiger partial charge in [0.05, 0.1) is 24.9 Å². The van der Waals surface area contributed by atoms with Crippen molar-refractivity contribution in [3.63, 3.8) is 0 Å². The minimum Gasteiger partial charge on any atom is -0.490 e. The van der Waals surface area contributed by atoms with E-state index in [-0.39, 0.29) is 12.0 Å². The number of para-hydroxylation sites is 1. The van der Waals surface area contributed by atoms with Crippen molar-refractivity contribution in [3.8, 4) is 5.75 Å². The number of nitrogens with one attached hydrogen (secondary N) is 1. The predicted octanol–water partition coefficient (Wildman–Crippen LogP) is 2.41. The minimum absolute atomic E-state index is 0.113. The van der Waals surface area contributed by atoms with Crippen LogP contribution in [0.25, 0.3) is 0 Å². The minimum atomic E-state index is -0.162. The summed E-state index contributed by atoms with van der Waals surface area (Å²) >= 11 is 0. The van der Waals surface area contributed by atoms with E-state index in [0.29, 0.717) is 24.5 Å². The molecule has 29 heavy (non-hydrogen) atoms. The summed E-state index contributed by atoms with van der Waals surface area (Å²) in [5, 5.41) is 2.96. The van der Waals surface area contributed by atoms with Gasteiger partial charge in [-0.1, -0.05) is 18.2 Å². The van der Waals surface area contributed by atoms with Gasteiger partial charge in [-0.25, -0.2) is 4.98 Å². The molecule has 2 saturated heterocycles. The third-order valence-corrected chi connectivity index (χ3v) is 5.18. The van der Waals surface area contributed by atoms with E-state index in [2.05, 4.69) is 15.2 Å². The van der Waals surface area contributed by atoms with Gasteiger partial charge in [0, 0.05) is 32.4 Å². The molecule has 0 spiro atoms. The maximum absolute atomic E-state index is 12.7. The molecular formula is C22H27N3O4. The fourth-order valence-electron chi connectivity index (χ4n) is 3.52. The average Bonchev–Trinajstić information content (AvgIpc) is 3.31. The van der Waals surface area contributed by atoms with Gasteiger partial charge in [0.2, 0.25) is 0 Å². The second-order valence-corrected chi connectivity index (χ2v) is 7.25. The van der Waals surface area contributed by atoms with Crippen molar-refractivity contribution in [1.29, 1.82) is 0 Å². The van der Waals surface area contributed by atoms with E-state index in [4.69, 9.17) is 14.2 Å². The van der Waals surface area contributed by atoms with Gasteiger partial charge in [0.15, 0.2) is 0 Å². The van der Waals surface area contributed by atoms with Crippen LogP contribution in [0.2, 0.25) is 0 Å². The van der Waals surface area contributed by atoms with Crippen molar-refractivity contribution in [3.05, 3.63) is 53.7 Å². The molecule has 0 radical (unpaired) electrons. The predicted molar refractivity (Wildman–Crippen MR) is 109 cm³/mol. The number of aromatic nitrogens is 1. The lowest BCUT2D eigenvalue weighted by atomic mass is 10.1. The molecule has 2 aromatic rings. The molecular weight excluding hydrogens is 370 g/mol. The molecule has 154 valence electrons. The lowest BCUT2D eigenvalue weighted by Gasteiger charge is -2.27. The highest BCUT2D eigenvalue weighted by Crippen LogP contribution is 2.20. The summed E-state index contributed by atoms with van der Waals surface area (Å²) in [4.78, 5) is 19.4. The number of hydrogen-bond donors (Lipinski definition) is 1. The van der Waals surface area contributed by atoms with Crippen LogP contribution in [0.4, 0.5) is 5.82 Å². The zero-order valence-electron chi connectivity index (χ0n) is 16.5. The highest BCUT2D eigenvalue weighted by Gasteiger charge is 2.18. The Labute approximate surface area is 171 Å². The molecule has 1 aromatic carbocycles. The number of rotatable bonds is 7. The van der Waals surface area contributed by atoms with Crippen LogP contribution in [0.3, 0.4) is 0 Å². The molecule has 1 aromatic heterocycles. The summed E-state index contributed by atoms with van der Waals surface area (Å²) < 4.78 is 16.8. The van der Waals surface area contributed by atoms with E-state index in [1.807, 2.05) is 36.5 Å². The number of ether oxygens (including phenoxy) is 3. The Morgan fingerprint density at radius 3 is 2.79 bits per heavy atom. The molecule has 2 aliphatic rings. The Bertz CT molecular complexity index is 800. The van der Waals surface area contributed by atoms with Gasteiger partial charge in [0.1, 0.15) is 18.2 Å². The number of carbonyl (C=O) groups is 1. The smallest absolute Gasteiger partial charge is 0.255 e. The van der Waals surface area contributed by atoms with Gasteiger partial charge >= 0.3 is 0 Å². The zero-order valence-corrected chi connectivity index (χ0v) is 16.5. The Morgan fingerprint density at radius 2 is 2.03 bits per heavy atom. The SMILES string of the molecule is O=C(NCc1ccc(N2CCOCC2)nc1)c1ccccc1OCC1CCCO1.